The van der Waals surface area contributed by atoms with Crippen molar-refractivity contribution in [3.8, 4) is 5.75 Å². The minimum Gasteiger partial charge on any atom is -0.497 e. The van der Waals surface area contributed by atoms with Gasteiger partial charge in [-0.1, -0.05) is 48.5 Å². The topological polar surface area (TPSA) is 50.7 Å². The van der Waals surface area contributed by atoms with E-state index in [9.17, 15) is 4.79 Å². The molecule has 2 rings (SSSR count). The molecular formula is C18H18N2O2. The second-order valence-electron chi connectivity index (χ2n) is 4.61. The summed E-state index contributed by atoms with van der Waals surface area (Å²) in [5, 5.41) is 3.88. The minimum absolute atomic E-state index is 0.158. The van der Waals surface area contributed by atoms with Gasteiger partial charge in [0.2, 0.25) is 5.91 Å². The number of amides is 1. The van der Waals surface area contributed by atoms with Crippen molar-refractivity contribution in [2.24, 2.45) is 5.10 Å². The molecular weight excluding hydrogens is 276 g/mol. The van der Waals surface area contributed by atoms with Crippen LogP contribution in [-0.4, -0.2) is 19.2 Å². The molecule has 0 aromatic heterocycles. The SMILES string of the molecule is COc1ccc(CC(=O)N/N=C\C=C\c2ccccc2)cc1. The first-order valence-electron chi connectivity index (χ1n) is 6.94. The fourth-order valence-corrected chi connectivity index (χ4v) is 1.84. The maximum Gasteiger partial charge on any atom is 0.244 e. The number of nitrogens with one attached hydrogen (secondary N) is 1. The van der Waals surface area contributed by atoms with Gasteiger partial charge in [0.05, 0.1) is 13.5 Å². The number of ether oxygens (including phenoxy) is 1. The molecule has 0 fully saturated rings. The number of benzene rings is 2. The molecule has 0 unspecified atom stereocenters. The van der Waals surface area contributed by atoms with Crippen molar-refractivity contribution in [3.63, 3.8) is 0 Å². The summed E-state index contributed by atoms with van der Waals surface area (Å²) >= 11 is 0. The lowest BCUT2D eigenvalue weighted by Crippen LogP contribution is -2.19. The lowest BCUT2D eigenvalue weighted by Gasteiger charge is -2.02. The van der Waals surface area contributed by atoms with Crippen molar-refractivity contribution in [2.45, 2.75) is 6.42 Å². The van der Waals surface area contributed by atoms with Gasteiger partial charge in [0.1, 0.15) is 5.75 Å². The molecule has 0 bridgehead atoms. The van der Waals surface area contributed by atoms with Crippen LogP contribution in [0.25, 0.3) is 6.08 Å². The highest BCUT2D eigenvalue weighted by Crippen LogP contribution is 2.11. The number of hydrazone groups is 1. The van der Waals surface area contributed by atoms with Gasteiger partial charge in [0.15, 0.2) is 0 Å². The maximum absolute atomic E-state index is 11.7. The Hall–Kier alpha value is -2.88. The van der Waals surface area contributed by atoms with E-state index in [1.807, 2.05) is 60.7 Å². The summed E-state index contributed by atoms with van der Waals surface area (Å²) in [5.41, 5.74) is 4.49. The Kier molecular flexibility index (Phi) is 5.93. The molecule has 2 aromatic rings. The fourth-order valence-electron chi connectivity index (χ4n) is 1.84. The molecule has 0 saturated carbocycles. The predicted octanol–water partition coefficient (Wildman–Crippen LogP) is 3.05. The average molecular weight is 294 g/mol. The Morgan fingerprint density at radius 2 is 1.86 bits per heavy atom. The molecule has 1 amide bonds. The second-order valence-corrected chi connectivity index (χ2v) is 4.61. The van der Waals surface area contributed by atoms with Gasteiger partial charge in [-0.3, -0.25) is 4.79 Å². The van der Waals surface area contributed by atoms with Crippen LogP contribution >= 0.6 is 0 Å². The largest absolute Gasteiger partial charge is 0.497 e. The second kappa shape index (κ2) is 8.42. The van der Waals surface area contributed by atoms with Crippen LogP contribution in [0, 0.1) is 0 Å². The van der Waals surface area contributed by atoms with Crippen molar-refractivity contribution in [1.29, 1.82) is 0 Å². The van der Waals surface area contributed by atoms with Crippen molar-refractivity contribution >= 4 is 18.2 Å². The van der Waals surface area contributed by atoms with Crippen molar-refractivity contribution in [3.05, 3.63) is 71.8 Å². The molecule has 0 aliphatic carbocycles. The molecule has 0 saturated heterocycles. The van der Waals surface area contributed by atoms with E-state index in [0.717, 1.165) is 16.9 Å². The molecule has 4 nitrogen and oxygen atoms in total. The molecule has 0 heterocycles. The summed E-state index contributed by atoms with van der Waals surface area (Å²) in [6, 6.07) is 17.3. The van der Waals surface area contributed by atoms with E-state index in [2.05, 4.69) is 10.5 Å². The van der Waals surface area contributed by atoms with Gasteiger partial charge in [-0.2, -0.15) is 5.10 Å². The Morgan fingerprint density at radius 3 is 2.55 bits per heavy atom. The van der Waals surface area contributed by atoms with Crippen LogP contribution in [0.15, 0.2) is 65.8 Å². The zero-order valence-electron chi connectivity index (χ0n) is 12.4. The highest BCUT2D eigenvalue weighted by atomic mass is 16.5. The van der Waals surface area contributed by atoms with Gasteiger partial charge in [-0.25, -0.2) is 5.43 Å². The molecule has 0 spiro atoms. The van der Waals surface area contributed by atoms with Gasteiger partial charge < -0.3 is 4.74 Å². The van der Waals surface area contributed by atoms with Crippen LogP contribution in [0.3, 0.4) is 0 Å². The number of hydrogen-bond donors (Lipinski definition) is 1. The van der Waals surface area contributed by atoms with E-state index in [0.29, 0.717) is 0 Å². The highest BCUT2D eigenvalue weighted by Gasteiger charge is 2.01. The number of nitrogens with zero attached hydrogens (tertiary/aromatic N) is 1. The number of rotatable bonds is 6. The molecule has 0 radical (unpaired) electrons. The van der Waals surface area contributed by atoms with Gasteiger partial charge in [0, 0.05) is 6.21 Å². The van der Waals surface area contributed by atoms with Crippen LogP contribution in [-0.2, 0) is 11.2 Å². The predicted molar refractivity (Wildman–Crippen MR) is 88.8 cm³/mol. The molecule has 0 atom stereocenters. The maximum atomic E-state index is 11.7. The number of hydrogen-bond acceptors (Lipinski definition) is 3. The molecule has 2 aromatic carbocycles. The van der Waals surface area contributed by atoms with Crippen LogP contribution in [0.4, 0.5) is 0 Å². The van der Waals surface area contributed by atoms with Crippen LogP contribution in [0.1, 0.15) is 11.1 Å². The Balaban J connectivity index is 1.77. The summed E-state index contributed by atoms with van der Waals surface area (Å²) < 4.78 is 5.07. The van der Waals surface area contributed by atoms with E-state index in [4.69, 9.17) is 4.74 Å². The lowest BCUT2D eigenvalue weighted by atomic mass is 10.1. The minimum atomic E-state index is -0.158. The van der Waals surface area contributed by atoms with E-state index < -0.39 is 0 Å². The number of methoxy groups -OCH3 is 1. The standard InChI is InChI=1S/C18H18N2O2/c1-22-17-11-9-16(10-12-17)14-18(21)20-19-13-5-8-15-6-3-2-4-7-15/h2-13H,14H2,1H3,(H,20,21)/b8-5+,19-13-. The molecule has 0 aliphatic rings. The summed E-state index contributed by atoms with van der Waals surface area (Å²) in [6.07, 6.45) is 5.53. The van der Waals surface area contributed by atoms with E-state index >= 15 is 0 Å². The summed E-state index contributed by atoms with van der Waals surface area (Å²) in [4.78, 5) is 11.7. The summed E-state index contributed by atoms with van der Waals surface area (Å²) in [5.74, 6) is 0.614. The third-order valence-corrected chi connectivity index (χ3v) is 2.96. The molecule has 0 aliphatic heterocycles. The van der Waals surface area contributed by atoms with Crippen molar-refractivity contribution in [2.75, 3.05) is 7.11 Å². The van der Waals surface area contributed by atoms with Gasteiger partial charge in [-0.15, -0.1) is 0 Å². The fraction of sp³-hybridized carbons (Fsp3) is 0.111. The highest BCUT2D eigenvalue weighted by molar-refractivity contribution is 5.82. The molecule has 1 N–H and O–H groups in total. The first-order valence-corrected chi connectivity index (χ1v) is 6.94. The van der Waals surface area contributed by atoms with Gasteiger partial charge >= 0.3 is 0 Å². The lowest BCUT2D eigenvalue weighted by molar-refractivity contribution is -0.120. The summed E-state index contributed by atoms with van der Waals surface area (Å²) in [7, 11) is 1.61. The Labute approximate surface area is 130 Å². The molecule has 4 heteroatoms. The number of carbonyl (C=O) groups excluding carboxylic acids is 1. The van der Waals surface area contributed by atoms with Crippen molar-refractivity contribution < 1.29 is 9.53 Å². The first kappa shape index (κ1) is 15.5. The van der Waals surface area contributed by atoms with E-state index in [-0.39, 0.29) is 12.3 Å². The van der Waals surface area contributed by atoms with Crippen LogP contribution in [0.2, 0.25) is 0 Å². The summed E-state index contributed by atoms with van der Waals surface area (Å²) in [6.45, 7) is 0. The zero-order valence-corrected chi connectivity index (χ0v) is 12.4. The third-order valence-electron chi connectivity index (χ3n) is 2.96. The number of allylic oxidation sites excluding steroid dienone is 1. The van der Waals surface area contributed by atoms with Gasteiger partial charge in [0.25, 0.3) is 0 Å². The normalized spacial score (nSPS) is 11.0. The quantitative estimate of drug-likeness (QED) is 0.657. The Morgan fingerprint density at radius 1 is 1.14 bits per heavy atom. The smallest absolute Gasteiger partial charge is 0.244 e. The Bertz CT molecular complexity index is 647. The average Bonchev–Trinajstić information content (AvgIpc) is 2.56. The van der Waals surface area contributed by atoms with Crippen molar-refractivity contribution in [1.82, 2.24) is 5.43 Å². The first-order chi connectivity index (χ1) is 10.8. The van der Waals surface area contributed by atoms with Crippen LogP contribution in [0.5, 0.6) is 5.75 Å². The monoisotopic (exact) mass is 294 g/mol. The number of carbonyl (C=O) groups is 1. The third kappa shape index (κ3) is 5.25. The molecule has 22 heavy (non-hydrogen) atoms. The van der Waals surface area contributed by atoms with E-state index in [1.54, 1.807) is 19.4 Å². The molecule has 112 valence electrons. The van der Waals surface area contributed by atoms with E-state index in [1.165, 1.54) is 0 Å². The van der Waals surface area contributed by atoms with Crippen LogP contribution < -0.4 is 10.2 Å². The van der Waals surface area contributed by atoms with Gasteiger partial charge in [-0.05, 0) is 29.3 Å². The zero-order chi connectivity index (χ0) is 15.6.